The summed E-state index contributed by atoms with van der Waals surface area (Å²) in [6, 6.07) is 6.40. The van der Waals surface area contributed by atoms with Gasteiger partial charge in [0.25, 0.3) is 5.91 Å². The first-order chi connectivity index (χ1) is 16.0. The summed E-state index contributed by atoms with van der Waals surface area (Å²) >= 11 is 0. The number of nitrogens with zero attached hydrogens (tertiary/aromatic N) is 5. The molecule has 8 heteroatoms. The van der Waals surface area contributed by atoms with Crippen molar-refractivity contribution in [3.8, 4) is 0 Å². The van der Waals surface area contributed by atoms with Crippen molar-refractivity contribution in [1.29, 1.82) is 0 Å². The fourth-order valence-electron chi connectivity index (χ4n) is 5.18. The van der Waals surface area contributed by atoms with Crippen LogP contribution in [0.15, 0.2) is 18.2 Å². The zero-order valence-corrected chi connectivity index (χ0v) is 19.7. The van der Waals surface area contributed by atoms with Gasteiger partial charge in [-0.25, -0.2) is 0 Å². The molecule has 3 aliphatic rings. The van der Waals surface area contributed by atoms with Crippen LogP contribution in [-0.2, 0) is 29.1 Å². The average molecular weight is 452 g/mol. The van der Waals surface area contributed by atoms with Crippen LogP contribution in [0.5, 0.6) is 0 Å². The van der Waals surface area contributed by atoms with Crippen molar-refractivity contribution in [2.45, 2.75) is 46.3 Å². The highest BCUT2D eigenvalue weighted by molar-refractivity contribution is 5.94. The van der Waals surface area contributed by atoms with Gasteiger partial charge in [-0.1, -0.05) is 12.1 Å². The molecule has 0 bridgehead atoms. The number of likely N-dealkylation sites (tertiary alicyclic amines) is 1. The molecule has 2 saturated heterocycles. The molecule has 2 aromatic rings. The van der Waals surface area contributed by atoms with Gasteiger partial charge in [-0.2, -0.15) is 5.10 Å². The summed E-state index contributed by atoms with van der Waals surface area (Å²) in [7, 11) is 0. The molecule has 0 unspecified atom stereocenters. The van der Waals surface area contributed by atoms with Crippen LogP contribution in [-0.4, -0.2) is 77.3 Å². The van der Waals surface area contributed by atoms with Crippen molar-refractivity contribution in [3.63, 3.8) is 0 Å². The highest BCUT2D eigenvalue weighted by Gasteiger charge is 2.31. The van der Waals surface area contributed by atoms with Gasteiger partial charge in [0.2, 0.25) is 5.91 Å². The molecule has 1 aromatic carbocycles. The first-order valence-electron chi connectivity index (χ1n) is 12.1. The lowest BCUT2D eigenvalue weighted by molar-refractivity contribution is -0.132. The van der Waals surface area contributed by atoms with Crippen LogP contribution >= 0.6 is 0 Å². The summed E-state index contributed by atoms with van der Waals surface area (Å²) in [5.41, 5.74) is 6.17. The monoisotopic (exact) mass is 451 g/mol. The van der Waals surface area contributed by atoms with E-state index in [9.17, 15) is 9.59 Å². The Morgan fingerprint density at radius 2 is 1.76 bits per heavy atom. The van der Waals surface area contributed by atoms with Crippen LogP contribution in [0.25, 0.3) is 0 Å². The van der Waals surface area contributed by atoms with Gasteiger partial charge in [0.1, 0.15) is 6.54 Å². The molecule has 0 radical (unpaired) electrons. The minimum Gasteiger partial charge on any atom is -0.376 e. The first kappa shape index (κ1) is 21.9. The Morgan fingerprint density at radius 1 is 1.00 bits per heavy atom. The van der Waals surface area contributed by atoms with Gasteiger partial charge < -0.3 is 19.4 Å². The Bertz CT molecular complexity index is 1050. The van der Waals surface area contributed by atoms with Gasteiger partial charge in [0, 0.05) is 62.6 Å². The van der Waals surface area contributed by atoms with E-state index in [1.165, 1.54) is 16.8 Å². The number of rotatable bonds is 4. The fourth-order valence-corrected chi connectivity index (χ4v) is 5.18. The molecule has 0 atom stereocenters. The molecule has 8 nitrogen and oxygen atoms in total. The Kier molecular flexibility index (Phi) is 6.10. The number of hydrogen-bond donors (Lipinski definition) is 0. The van der Waals surface area contributed by atoms with Crippen LogP contribution in [0, 0.1) is 13.8 Å². The second-order valence-corrected chi connectivity index (χ2v) is 9.32. The third kappa shape index (κ3) is 4.24. The lowest BCUT2D eigenvalue weighted by atomic mass is 10.1. The van der Waals surface area contributed by atoms with Gasteiger partial charge in [-0.3, -0.25) is 14.3 Å². The number of ether oxygens (including phenoxy) is 1. The smallest absolute Gasteiger partial charge is 0.274 e. The van der Waals surface area contributed by atoms with Gasteiger partial charge in [0.05, 0.1) is 13.2 Å². The van der Waals surface area contributed by atoms with E-state index < -0.39 is 0 Å². The van der Waals surface area contributed by atoms with Gasteiger partial charge >= 0.3 is 0 Å². The van der Waals surface area contributed by atoms with Crippen LogP contribution in [0.4, 0.5) is 5.69 Å². The molecule has 0 N–H and O–H groups in total. The molecule has 33 heavy (non-hydrogen) atoms. The zero-order chi connectivity index (χ0) is 22.9. The highest BCUT2D eigenvalue weighted by Crippen LogP contribution is 2.25. The number of aromatic nitrogens is 2. The van der Waals surface area contributed by atoms with Crippen LogP contribution in [0.2, 0.25) is 0 Å². The Labute approximate surface area is 195 Å². The second kappa shape index (κ2) is 9.17. The first-order valence-corrected chi connectivity index (χ1v) is 12.1. The van der Waals surface area contributed by atoms with Crippen LogP contribution in [0.3, 0.4) is 0 Å². The topological polar surface area (TPSA) is 70.9 Å². The zero-order valence-electron chi connectivity index (χ0n) is 19.7. The molecule has 1 aromatic heterocycles. The normalized spacial score (nSPS) is 18.5. The van der Waals surface area contributed by atoms with Gasteiger partial charge in [0.15, 0.2) is 5.69 Å². The van der Waals surface area contributed by atoms with Crippen LogP contribution in [0.1, 0.15) is 45.7 Å². The van der Waals surface area contributed by atoms with E-state index in [0.29, 0.717) is 38.4 Å². The van der Waals surface area contributed by atoms with E-state index in [1.807, 2.05) is 9.80 Å². The summed E-state index contributed by atoms with van der Waals surface area (Å²) in [4.78, 5) is 32.4. The summed E-state index contributed by atoms with van der Waals surface area (Å²) in [5, 5.41) is 4.64. The van der Waals surface area contributed by atoms with E-state index in [0.717, 1.165) is 50.3 Å². The number of carbonyl (C=O) groups excluding carboxylic acids is 2. The summed E-state index contributed by atoms with van der Waals surface area (Å²) < 4.78 is 7.40. The summed E-state index contributed by atoms with van der Waals surface area (Å²) in [6.07, 6.45) is 2.76. The maximum absolute atomic E-state index is 13.2. The Morgan fingerprint density at radius 3 is 2.52 bits per heavy atom. The summed E-state index contributed by atoms with van der Waals surface area (Å²) in [6.45, 7) is 10.1. The number of amides is 2. The predicted molar refractivity (Wildman–Crippen MR) is 125 cm³/mol. The molecule has 2 fully saturated rings. The molecule has 0 saturated carbocycles. The molecule has 5 rings (SSSR count). The van der Waals surface area contributed by atoms with Crippen molar-refractivity contribution >= 4 is 17.5 Å². The van der Waals surface area contributed by atoms with Crippen molar-refractivity contribution < 1.29 is 14.3 Å². The lowest BCUT2D eigenvalue weighted by Crippen LogP contribution is -2.50. The molecular formula is C25H33N5O3. The number of hydrogen-bond acceptors (Lipinski definition) is 5. The van der Waals surface area contributed by atoms with Crippen molar-refractivity contribution in [2.75, 3.05) is 50.8 Å². The third-order valence-electron chi connectivity index (χ3n) is 7.33. The Hall–Kier alpha value is -2.87. The number of fused-ring (bicyclic) bond motifs is 1. The van der Waals surface area contributed by atoms with Gasteiger partial charge in [-0.05, 0) is 43.9 Å². The van der Waals surface area contributed by atoms with E-state index in [-0.39, 0.29) is 18.4 Å². The lowest BCUT2D eigenvalue weighted by Gasteiger charge is -2.37. The maximum atomic E-state index is 13.2. The molecule has 0 spiro atoms. The third-order valence-corrected chi connectivity index (χ3v) is 7.33. The summed E-state index contributed by atoms with van der Waals surface area (Å²) in [5.74, 6) is 0.0372. The number of piperazine rings is 1. The number of carbonyl (C=O) groups is 2. The van der Waals surface area contributed by atoms with Crippen molar-refractivity contribution in [3.05, 3.63) is 46.3 Å². The highest BCUT2D eigenvalue weighted by atomic mass is 16.5. The molecule has 2 amide bonds. The maximum Gasteiger partial charge on any atom is 0.274 e. The number of aryl methyl sites for hydroxylation is 1. The molecule has 4 heterocycles. The molecular weight excluding hydrogens is 418 g/mol. The quantitative estimate of drug-likeness (QED) is 0.713. The van der Waals surface area contributed by atoms with E-state index >= 15 is 0 Å². The van der Waals surface area contributed by atoms with Crippen LogP contribution < -0.4 is 4.90 Å². The fraction of sp³-hybridized carbons (Fsp3) is 0.560. The minimum atomic E-state index is -0.0254. The molecule has 3 aliphatic heterocycles. The number of anilines is 1. The standard InChI is InChI=1S/C25H33N5O3/c1-18-6-5-7-21(19(18)2)27-11-13-28(14-12-27)23(31)16-30-22-8-15-33-17-20(22)24(26-30)25(32)29-9-3-4-10-29/h5-7H,3-4,8-17H2,1-2H3. The van der Waals surface area contributed by atoms with Crippen molar-refractivity contribution in [1.82, 2.24) is 19.6 Å². The van der Waals surface area contributed by atoms with E-state index in [2.05, 4.69) is 42.0 Å². The molecule has 176 valence electrons. The SMILES string of the molecule is Cc1cccc(N2CCN(C(=O)Cn3nc(C(=O)N4CCCC4)c4c3CCOC4)CC2)c1C. The van der Waals surface area contributed by atoms with E-state index in [1.54, 1.807) is 4.68 Å². The average Bonchev–Trinajstić information content (AvgIpc) is 3.50. The second-order valence-electron chi connectivity index (χ2n) is 9.32. The Balaban J connectivity index is 1.27. The number of benzene rings is 1. The minimum absolute atomic E-state index is 0.0254. The molecule has 0 aliphatic carbocycles. The van der Waals surface area contributed by atoms with E-state index in [4.69, 9.17) is 4.74 Å². The largest absolute Gasteiger partial charge is 0.376 e. The van der Waals surface area contributed by atoms with Gasteiger partial charge in [-0.15, -0.1) is 0 Å². The predicted octanol–water partition coefficient (Wildman–Crippen LogP) is 2.16. The van der Waals surface area contributed by atoms with Crippen molar-refractivity contribution in [2.24, 2.45) is 0 Å².